The summed E-state index contributed by atoms with van der Waals surface area (Å²) in [5, 5.41) is 11.8. The second kappa shape index (κ2) is 7.27. The van der Waals surface area contributed by atoms with Crippen LogP contribution in [0.1, 0.15) is 33.6 Å². The van der Waals surface area contributed by atoms with Gasteiger partial charge in [0.25, 0.3) is 0 Å². The van der Waals surface area contributed by atoms with E-state index in [2.05, 4.69) is 4.98 Å². The summed E-state index contributed by atoms with van der Waals surface area (Å²) in [6.07, 6.45) is 2.15. The van der Waals surface area contributed by atoms with E-state index in [1.54, 1.807) is 58.3 Å². The van der Waals surface area contributed by atoms with Gasteiger partial charge >= 0.3 is 11.9 Å². The molecule has 1 aromatic heterocycles. The number of hydroxylamine groups is 2. The number of carboxylic acid groups (broad SMARTS) is 1. The molecule has 1 N–H and O–H groups in total. The Morgan fingerprint density at radius 2 is 2.00 bits per heavy atom. The second-order valence-electron chi connectivity index (χ2n) is 7.66. The summed E-state index contributed by atoms with van der Waals surface area (Å²) in [6, 6.07) is 6.93. The van der Waals surface area contributed by atoms with Crippen molar-refractivity contribution in [3.05, 3.63) is 30.5 Å². The van der Waals surface area contributed by atoms with Crippen molar-refractivity contribution in [3.8, 4) is 11.5 Å². The molecule has 2 heterocycles. The number of rotatable bonds is 5. The van der Waals surface area contributed by atoms with Crippen LogP contribution in [0.4, 0.5) is 0 Å². The average Bonchev–Trinajstić information content (AvgIpc) is 3.05. The first kappa shape index (κ1) is 19.9. The third-order valence-corrected chi connectivity index (χ3v) is 4.53. The minimum absolute atomic E-state index is 0.105. The quantitative estimate of drug-likeness (QED) is 0.617. The van der Waals surface area contributed by atoms with Crippen LogP contribution >= 0.6 is 0 Å². The molecule has 8 nitrogen and oxygen atoms in total. The van der Waals surface area contributed by atoms with Crippen molar-refractivity contribution >= 4 is 22.8 Å². The van der Waals surface area contributed by atoms with Crippen molar-refractivity contribution in [1.29, 1.82) is 0 Å². The van der Waals surface area contributed by atoms with E-state index in [0.29, 0.717) is 28.8 Å². The molecular formula is C20H24N2O6. The van der Waals surface area contributed by atoms with Gasteiger partial charge in [0, 0.05) is 30.3 Å². The van der Waals surface area contributed by atoms with E-state index >= 15 is 0 Å². The van der Waals surface area contributed by atoms with Crippen LogP contribution in [-0.2, 0) is 14.3 Å². The number of carbonyl (C=O) groups is 2. The van der Waals surface area contributed by atoms with Crippen LogP contribution in [0.3, 0.4) is 0 Å². The standard InChI is InChI=1S/C20H24N2O6/c1-19(2,3)27-18(25)20(17(23)24)9-5-11-22(20)28-16-8-10-21-15-12-13(26-4)6-7-14(15)16/h6-8,10,12H,5,9,11H2,1-4H3,(H,23,24). The molecule has 1 atom stereocenters. The van der Waals surface area contributed by atoms with Gasteiger partial charge in [-0.05, 0) is 45.7 Å². The molecule has 1 aromatic carbocycles. The molecule has 1 fully saturated rings. The first-order chi connectivity index (χ1) is 13.2. The lowest BCUT2D eigenvalue weighted by Crippen LogP contribution is -2.59. The highest BCUT2D eigenvalue weighted by molar-refractivity contribution is 6.04. The predicted molar refractivity (Wildman–Crippen MR) is 101 cm³/mol. The summed E-state index contributed by atoms with van der Waals surface area (Å²) in [6.45, 7) is 5.38. The van der Waals surface area contributed by atoms with E-state index in [1.165, 1.54) is 5.06 Å². The van der Waals surface area contributed by atoms with Crippen molar-refractivity contribution in [3.63, 3.8) is 0 Å². The van der Waals surface area contributed by atoms with Crippen molar-refractivity contribution in [1.82, 2.24) is 10.0 Å². The Kier molecular flexibility index (Phi) is 5.16. The van der Waals surface area contributed by atoms with Crippen LogP contribution in [0.5, 0.6) is 11.5 Å². The van der Waals surface area contributed by atoms with Gasteiger partial charge in [-0.2, -0.15) is 0 Å². The van der Waals surface area contributed by atoms with E-state index in [1.807, 2.05) is 0 Å². The molecule has 0 saturated carbocycles. The number of nitrogens with zero attached hydrogens (tertiary/aromatic N) is 2. The van der Waals surface area contributed by atoms with E-state index in [-0.39, 0.29) is 13.0 Å². The molecule has 1 aliphatic heterocycles. The van der Waals surface area contributed by atoms with Gasteiger partial charge in [0.2, 0.25) is 5.54 Å². The molecular weight excluding hydrogens is 364 g/mol. The monoisotopic (exact) mass is 388 g/mol. The molecule has 3 rings (SSSR count). The third-order valence-electron chi connectivity index (χ3n) is 4.53. The maximum Gasteiger partial charge on any atom is 0.342 e. The zero-order valence-corrected chi connectivity index (χ0v) is 16.4. The van der Waals surface area contributed by atoms with Crippen molar-refractivity contribution in [2.75, 3.05) is 13.7 Å². The molecule has 1 unspecified atom stereocenters. The highest BCUT2D eigenvalue weighted by atomic mass is 16.7. The number of carboxylic acids is 1. The number of aromatic nitrogens is 1. The Morgan fingerprint density at radius 3 is 2.64 bits per heavy atom. The molecule has 0 aliphatic carbocycles. The predicted octanol–water partition coefficient (Wildman–Crippen LogP) is 2.80. The van der Waals surface area contributed by atoms with E-state index in [0.717, 1.165) is 0 Å². The maximum atomic E-state index is 12.8. The van der Waals surface area contributed by atoms with E-state index < -0.39 is 23.1 Å². The number of carbonyl (C=O) groups excluding carboxylic acids is 1. The van der Waals surface area contributed by atoms with Crippen LogP contribution in [0.25, 0.3) is 10.9 Å². The Labute approximate surface area is 163 Å². The van der Waals surface area contributed by atoms with Gasteiger partial charge in [-0.25, -0.2) is 9.59 Å². The number of aliphatic carboxylic acids is 1. The number of fused-ring (bicyclic) bond motifs is 1. The summed E-state index contributed by atoms with van der Waals surface area (Å²) in [5.41, 5.74) is -2.07. The number of hydrogen-bond acceptors (Lipinski definition) is 7. The molecule has 1 aliphatic rings. The number of hydrogen-bond donors (Lipinski definition) is 1. The Bertz CT molecular complexity index is 907. The lowest BCUT2D eigenvalue weighted by atomic mass is 9.97. The van der Waals surface area contributed by atoms with Crippen LogP contribution < -0.4 is 9.57 Å². The molecule has 0 spiro atoms. The fourth-order valence-electron chi connectivity index (χ4n) is 3.21. The van der Waals surface area contributed by atoms with E-state index in [9.17, 15) is 14.7 Å². The Morgan fingerprint density at radius 1 is 1.25 bits per heavy atom. The molecule has 150 valence electrons. The molecule has 0 bridgehead atoms. The normalized spacial score (nSPS) is 20.1. The van der Waals surface area contributed by atoms with Crippen LogP contribution in [0.2, 0.25) is 0 Å². The average molecular weight is 388 g/mol. The van der Waals surface area contributed by atoms with Crippen molar-refractivity contribution < 1.29 is 29.0 Å². The largest absolute Gasteiger partial charge is 0.497 e. The summed E-state index contributed by atoms with van der Waals surface area (Å²) < 4.78 is 10.6. The van der Waals surface area contributed by atoms with E-state index in [4.69, 9.17) is 14.3 Å². The number of methoxy groups -OCH3 is 1. The van der Waals surface area contributed by atoms with Gasteiger partial charge in [-0.3, -0.25) is 4.98 Å². The fourth-order valence-corrected chi connectivity index (χ4v) is 3.21. The van der Waals surface area contributed by atoms with Crippen molar-refractivity contribution in [2.24, 2.45) is 0 Å². The zero-order valence-electron chi connectivity index (χ0n) is 16.4. The first-order valence-electron chi connectivity index (χ1n) is 9.02. The highest BCUT2D eigenvalue weighted by Crippen LogP contribution is 2.36. The molecule has 1 saturated heterocycles. The lowest BCUT2D eigenvalue weighted by Gasteiger charge is -2.34. The number of benzene rings is 1. The van der Waals surface area contributed by atoms with Gasteiger partial charge in [-0.15, -0.1) is 5.06 Å². The molecule has 8 heteroatoms. The van der Waals surface area contributed by atoms with Crippen LogP contribution in [0, 0.1) is 0 Å². The summed E-state index contributed by atoms with van der Waals surface area (Å²) in [7, 11) is 1.56. The Balaban J connectivity index is 1.97. The van der Waals surface area contributed by atoms with Gasteiger partial charge in [0.1, 0.15) is 11.4 Å². The maximum absolute atomic E-state index is 12.8. The molecule has 0 radical (unpaired) electrons. The molecule has 2 aromatic rings. The number of esters is 1. The van der Waals surface area contributed by atoms with Gasteiger partial charge in [0.05, 0.1) is 12.6 Å². The second-order valence-corrected chi connectivity index (χ2v) is 7.66. The smallest absolute Gasteiger partial charge is 0.342 e. The number of pyridine rings is 1. The summed E-state index contributed by atoms with van der Waals surface area (Å²) >= 11 is 0. The van der Waals surface area contributed by atoms with Crippen LogP contribution in [0.15, 0.2) is 30.5 Å². The zero-order chi connectivity index (χ0) is 20.5. The van der Waals surface area contributed by atoms with Gasteiger partial charge in [0.15, 0.2) is 5.75 Å². The van der Waals surface area contributed by atoms with Gasteiger partial charge < -0.3 is 19.4 Å². The molecule has 0 amide bonds. The Hall–Kier alpha value is -2.87. The van der Waals surface area contributed by atoms with Crippen LogP contribution in [-0.4, -0.2) is 51.9 Å². The first-order valence-corrected chi connectivity index (χ1v) is 9.02. The fraction of sp³-hybridized carbons (Fsp3) is 0.450. The topological polar surface area (TPSA) is 98.2 Å². The molecule has 28 heavy (non-hydrogen) atoms. The lowest BCUT2D eigenvalue weighted by molar-refractivity contribution is -0.199. The highest BCUT2D eigenvalue weighted by Gasteiger charge is 2.58. The summed E-state index contributed by atoms with van der Waals surface area (Å²) in [4.78, 5) is 35.2. The third kappa shape index (κ3) is 3.60. The SMILES string of the molecule is COc1ccc2c(ON3CCCC3(C(=O)O)C(=O)OC(C)(C)C)ccnc2c1. The number of ether oxygens (including phenoxy) is 2. The minimum Gasteiger partial charge on any atom is -0.497 e. The van der Waals surface area contributed by atoms with Crippen molar-refractivity contribution in [2.45, 2.75) is 44.8 Å². The van der Waals surface area contributed by atoms with Gasteiger partial charge in [-0.1, -0.05) is 0 Å². The summed E-state index contributed by atoms with van der Waals surface area (Å²) in [5.74, 6) is -1.07. The minimum atomic E-state index is -1.89.